The van der Waals surface area contributed by atoms with Gasteiger partial charge in [0.25, 0.3) is 0 Å². The van der Waals surface area contributed by atoms with Gasteiger partial charge in [-0.25, -0.2) is 9.59 Å². The van der Waals surface area contributed by atoms with Gasteiger partial charge >= 0.3 is 11.7 Å². The molecule has 0 aliphatic heterocycles. The van der Waals surface area contributed by atoms with Gasteiger partial charge in [-0.3, -0.25) is 9.36 Å². The summed E-state index contributed by atoms with van der Waals surface area (Å²) in [6, 6.07) is 8.49. The van der Waals surface area contributed by atoms with Gasteiger partial charge < -0.3 is 23.9 Å². The van der Waals surface area contributed by atoms with Gasteiger partial charge in [-0.15, -0.1) is 0 Å². The van der Waals surface area contributed by atoms with Crippen LogP contribution in [0.2, 0.25) is 0 Å². The lowest BCUT2D eigenvalue weighted by Crippen LogP contribution is -2.29. The Morgan fingerprint density at radius 3 is 2.41 bits per heavy atom. The number of hydrogen-bond donors (Lipinski definition) is 1. The molecule has 3 aromatic rings. The van der Waals surface area contributed by atoms with Gasteiger partial charge in [-0.2, -0.15) is 0 Å². The van der Waals surface area contributed by atoms with Crippen LogP contribution < -0.4 is 20.5 Å². The van der Waals surface area contributed by atoms with Crippen molar-refractivity contribution in [3.8, 4) is 11.5 Å². The van der Waals surface area contributed by atoms with Crippen LogP contribution in [-0.4, -0.2) is 37.8 Å². The minimum Gasteiger partial charge on any atom is -0.493 e. The van der Waals surface area contributed by atoms with Crippen LogP contribution in [0.15, 0.2) is 45.6 Å². The van der Waals surface area contributed by atoms with Crippen molar-refractivity contribution in [3.05, 3.63) is 52.5 Å². The van der Waals surface area contributed by atoms with Crippen molar-refractivity contribution in [1.29, 1.82) is 0 Å². The maximum atomic E-state index is 12.7. The molecule has 2 aromatic carbocycles. The number of methoxy groups -OCH3 is 3. The number of anilines is 1. The Morgan fingerprint density at radius 2 is 1.76 bits per heavy atom. The summed E-state index contributed by atoms with van der Waals surface area (Å²) in [5.41, 5.74) is 1.29. The minimum atomic E-state index is -0.874. The second-order valence-electron chi connectivity index (χ2n) is 6.15. The summed E-state index contributed by atoms with van der Waals surface area (Å²) >= 11 is 0. The molecule has 1 atom stereocenters. The molecule has 1 heterocycles. The molecule has 9 nitrogen and oxygen atoms in total. The average Bonchev–Trinajstić information content (AvgIpc) is 3.06. The molecule has 9 heteroatoms. The molecule has 1 unspecified atom stereocenters. The Hall–Kier alpha value is -3.75. The maximum absolute atomic E-state index is 12.7. The number of fused-ring (bicyclic) bond motifs is 1. The molecule has 1 N–H and O–H groups in total. The van der Waals surface area contributed by atoms with Crippen LogP contribution in [0.3, 0.4) is 0 Å². The number of amides is 1. The third-order valence-electron chi connectivity index (χ3n) is 4.45. The topological polar surface area (TPSA) is 109 Å². The van der Waals surface area contributed by atoms with Gasteiger partial charge in [0.15, 0.2) is 17.1 Å². The van der Waals surface area contributed by atoms with E-state index >= 15 is 0 Å². The predicted octanol–water partition coefficient (Wildman–Crippen LogP) is 2.60. The average molecular weight is 400 g/mol. The van der Waals surface area contributed by atoms with Crippen LogP contribution in [0.5, 0.6) is 11.5 Å². The summed E-state index contributed by atoms with van der Waals surface area (Å²) in [6.45, 7) is 1.57. The standard InChI is InChI=1S/C20H20N2O7/c1-11(18(23)21-13-6-8-15(26-2)17(10-13)27-3)22-14-7-5-12(19(24)28-4)9-16(14)29-20(22)25/h5-11H,1-4H3,(H,21,23). The first-order valence-corrected chi connectivity index (χ1v) is 8.66. The lowest BCUT2D eigenvalue weighted by atomic mass is 10.2. The van der Waals surface area contributed by atoms with Crippen LogP contribution in [0.25, 0.3) is 11.1 Å². The number of benzene rings is 2. The number of carbonyl (C=O) groups excluding carboxylic acids is 2. The third-order valence-corrected chi connectivity index (χ3v) is 4.45. The van der Waals surface area contributed by atoms with E-state index in [1.54, 1.807) is 25.1 Å². The molecule has 0 aliphatic carbocycles. The van der Waals surface area contributed by atoms with E-state index in [1.165, 1.54) is 44.1 Å². The molecule has 0 saturated heterocycles. The Morgan fingerprint density at radius 1 is 1.03 bits per heavy atom. The van der Waals surface area contributed by atoms with Crippen LogP contribution in [0, 0.1) is 0 Å². The highest BCUT2D eigenvalue weighted by atomic mass is 16.5. The summed E-state index contributed by atoms with van der Waals surface area (Å²) in [6.07, 6.45) is 0. The largest absolute Gasteiger partial charge is 0.493 e. The minimum absolute atomic E-state index is 0.184. The second-order valence-corrected chi connectivity index (χ2v) is 6.15. The van der Waals surface area contributed by atoms with Crippen LogP contribution in [0.1, 0.15) is 23.3 Å². The normalized spacial score (nSPS) is 11.7. The predicted molar refractivity (Wildman–Crippen MR) is 105 cm³/mol. The van der Waals surface area contributed by atoms with Crippen molar-refractivity contribution in [2.24, 2.45) is 0 Å². The van der Waals surface area contributed by atoms with Gasteiger partial charge in [0, 0.05) is 11.8 Å². The fourth-order valence-electron chi connectivity index (χ4n) is 2.93. The fourth-order valence-corrected chi connectivity index (χ4v) is 2.93. The number of nitrogens with one attached hydrogen (secondary N) is 1. The highest BCUT2D eigenvalue weighted by molar-refractivity contribution is 5.96. The molecule has 0 bridgehead atoms. The van der Waals surface area contributed by atoms with Crippen LogP contribution >= 0.6 is 0 Å². The zero-order valence-corrected chi connectivity index (χ0v) is 16.3. The van der Waals surface area contributed by atoms with E-state index in [-0.39, 0.29) is 11.1 Å². The zero-order chi connectivity index (χ0) is 21.1. The van der Waals surface area contributed by atoms with Crippen molar-refractivity contribution < 1.29 is 28.2 Å². The summed E-state index contributed by atoms with van der Waals surface area (Å²) < 4.78 is 21.5. The summed E-state index contributed by atoms with van der Waals surface area (Å²) in [5.74, 6) is -0.714. The first kappa shape index (κ1) is 20.0. The maximum Gasteiger partial charge on any atom is 0.420 e. The Kier molecular flexibility index (Phi) is 5.58. The number of oxazole rings is 1. The van der Waals surface area contributed by atoms with Crippen LogP contribution in [-0.2, 0) is 9.53 Å². The monoisotopic (exact) mass is 400 g/mol. The molecule has 0 fully saturated rings. The summed E-state index contributed by atoms with van der Waals surface area (Å²) in [4.78, 5) is 36.7. The van der Waals surface area contributed by atoms with Crippen molar-refractivity contribution in [2.75, 3.05) is 26.6 Å². The zero-order valence-electron chi connectivity index (χ0n) is 16.3. The highest BCUT2D eigenvalue weighted by Crippen LogP contribution is 2.30. The number of carbonyl (C=O) groups is 2. The summed E-state index contributed by atoms with van der Waals surface area (Å²) in [5, 5.41) is 2.74. The van der Waals surface area contributed by atoms with Gasteiger partial charge in [-0.05, 0) is 37.3 Å². The van der Waals surface area contributed by atoms with E-state index in [2.05, 4.69) is 10.1 Å². The Labute approximate surface area is 165 Å². The fraction of sp³-hybridized carbons (Fsp3) is 0.250. The van der Waals surface area contributed by atoms with Crippen molar-refractivity contribution in [3.63, 3.8) is 0 Å². The Bertz CT molecular complexity index is 1130. The van der Waals surface area contributed by atoms with Gasteiger partial charge in [0.1, 0.15) is 6.04 Å². The highest BCUT2D eigenvalue weighted by Gasteiger charge is 2.22. The van der Waals surface area contributed by atoms with E-state index < -0.39 is 23.7 Å². The molecule has 29 heavy (non-hydrogen) atoms. The quantitative estimate of drug-likeness (QED) is 0.634. The molecule has 0 radical (unpaired) electrons. The smallest absolute Gasteiger partial charge is 0.420 e. The Balaban J connectivity index is 1.90. The number of aromatic nitrogens is 1. The number of ether oxygens (including phenoxy) is 3. The molecule has 3 rings (SSSR count). The van der Waals surface area contributed by atoms with Gasteiger partial charge in [-0.1, -0.05) is 0 Å². The molecule has 0 aliphatic rings. The van der Waals surface area contributed by atoms with Crippen molar-refractivity contribution >= 4 is 28.7 Å². The number of hydrogen-bond acceptors (Lipinski definition) is 7. The lowest BCUT2D eigenvalue weighted by molar-refractivity contribution is -0.118. The van der Waals surface area contributed by atoms with E-state index in [9.17, 15) is 14.4 Å². The SMILES string of the molecule is COC(=O)c1ccc2c(c1)oc(=O)n2C(C)C(=O)Nc1ccc(OC)c(OC)c1. The third kappa shape index (κ3) is 3.79. The summed E-state index contributed by atoms with van der Waals surface area (Å²) in [7, 11) is 4.26. The number of nitrogens with zero attached hydrogens (tertiary/aromatic N) is 1. The van der Waals surface area contributed by atoms with Crippen molar-refractivity contribution in [1.82, 2.24) is 4.57 Å². The molecule has 152 valence electrons. The number of esters is 1. The molecule has 1 amide bonds. The first-order valence-electron chi connectivity index (χ1n) is 8.66. The second kappa shape index (κ2) is 8.09. The van der Waals surface area contributed by atoms with E-state index in [0.717, 1.165) is 0 Å². The molecular formula is C20H20N2O7. The van der Waals surface area contributed by atoms with Crippen LogP contribution in [0.4, 0.5) is 5.69 Å². The lowest BCUT2D eigenvalue weighted by Gasteiger charge is -2.15. The molecule has 0 spiro atoms. The van der Waals surface area contributed by atoms with E-state index in [0.29, 0.717) is 22.7 Å². The first-order chi connectivity index (χ1) is 13.9. The van der Waals surface area contributed by atoms with E-state index in [4.69, 9.17) is 13.9 Å². The van der Waals surface area contributed by atoms with Crippen molar-refractivity contribution in [2.45, 2.75) is 13.0 Å². The van der Waals surface area contributed by atoms with E-state index in [1.807, 2.05) is 0 Å². The molecule has 1 aromatic heterocycles. The molecular weight excluding hydrogens is 380 g/mol. The van der Waals surface area contributed by atoms with Gasteiger partial charge in [0.05, 0.1) is 32.4 Å². The number of rotatable bonds is 6. The van der Waals surface area contributed by atoms with Gasteiger partial charge in [0.2, 0.25) is 5.91 Å². The molecule has 0 saturated carbocycles.